The van der Waals surface area contributed by atoms with Crippen molar-refractivity contribution in [2.75, 3.05) is 10.6 Å². The molecule has 2 amide bonds. The molecule has 2 N–H and O–H groups in total. The number of hydrogen-bond acceptors (Lipinski definition) is 6. The minimum atomic E-state index is -0.190. The van der Waals surface area contributed by atoms with Crippen LogP contribution in [0.2, 0.25) is 0 Å². The van der Waals surface area contributed by atoms with Crippen LogP contribution in [0.3, 0.4) is 0 Å². The van der Waals surface area contributed by atoms with E-state index in [2.05, 4.69) is 31.1 Å². The summed E-state index contributed by atoms with van der Waals surface area (Å²) < 4.78 is 0. The predicted molar refractivity (Wildman–Crippen MR) is 116 cm³/mol. The lowest BCUT2D eigenvalue weighted by atomic mass is 10.2. The van der Waals surface area contributed by atoms with Crippen molar-refractivity contribution in [1.29, 1.82) is 0 Å². The molecule has 0 aliphatic heterocycles. The van der Waals surface area contributed by atoms with Crippen molar-refractivity contribution in [3.05, 3.63) is 72.8 Å². The number of carbonyl (C=O) groups excluding carboxylic acids is 2. The number of para-hydroxylation sites is 2. The third-order valence-electron chi connectivity index (χ3n) is 3.84. The quantitative estimate of drug-likeness (QED) is 0.465. The predicted octanol–water partition coefficient (Wildman–Crippen LogP) is 6.43. The number of rotatable bonds is 6. The van der Waals surface area contributed by atoms with Gasteiger partial charge in [-0.2, -0.15) is 0 Å². The minimum absolute atomic E-state index is 0.190. The van der Waals surface area contributed by atoms with E-state index in [0.717, 1.165) is 0 Å². The zero-order chi connectivity index (χ0) is 21.3. The highest BCUT2D eigenvalue weighted by molar-refractivity contribution is 5.92. The molecule has 3 aromatic carbocycles. The maximum atomic E-state index is 11.4. The standard InChI is InChI=1S/C22H20N6O2/c1-15(29)23-17-9-3-5-11-19(17)25-27-21-13-7-8-14-22(21)28-26-20-12-6-4-10-18(20)24-16(2)30/h3-14H,1-2H3,(H,23,29)(H,24,30). The van der Waals surface area contributed by atoms with E-state index in [1.54, 1.807) is 48.5 Å². The molecule has 0 spiro atoms. The molecule has 0 unspecified atom stereocenters. The Morgan fingerprint density at radius 2 is 0.833 bits per heavy atom. The summed E-state index contributed by atoms with van der Waals surface area (Å²) >= 11 is 0. The number of azo groups is 2. The largest absolute Gasteiger partial charge is 0.324 e. The lowest BCUT2D eigenvalue weighted by molar-refractivity contribution is -0.115. The van der Waals surface area contributed by atoms with Crippen molar-refractivity contribution < 1.29 is 9.59 Å². The zero-order valence-electron chi connectivity index (χ0n) is 16.5. The first kappa shape index (κ1) is 20.5. The first-order valence-electron chi connectivity index (χ1n) is 9.18. The number of carbonyl (C=O) groups is 2. The summed E-state index contributed by atoms with van der Waals surface area (Å²) in [6.45, 7) is 2.87. The van der Waals surface area contributed by atoms with Crippen LogP contribution in [-0.2, 0) is 9.59 Å². The van der Waals surface area contributed by atoms with Crippen LogP contribution in [0.25, 0.3) is 0 Å². The molecule has 0 saturated heterocycles. The SMILES string of the molecule is CC(=O)Nc1ccccc1N=Nc1ccccc1N=Nc1ccccc1NC(C)=O. The van der Waals surface area contributed by atoms with Crippen molar-refractivity contribution in [1.82, 2.24) is 0 Å². The third-order valence-corrected chi connectivity index (χ3v) is 3.84. The number of amides is 2. The van der Waals surface area contributed by atoms with Crippen molar-refractivity contribution in [2.24, 2.45) is 20.5 Å². The van der Waals surface area contributed by atoms with E-state index in [0.29, 0.717) is 34.1 Å². The van der Waals surface area contributed by atoms with Gasteiger partial charge in [0, 0.05) is 13.8 Å². The van der Waals surface area contributed by atoms with Crippen molar-refractivity contribution in [2.45, 2.75) is 13.8 Å². The summed E-state index contributed by atoms with van der Waals surface area (Å²) in [5, 5.41) is 22.5. The monoisotopic (exact) mass is 400 g/mol. The molecule has 30 heavy (non-hydrogen) atoms. The van der Waals surface area contributed by atoms with Crippen LogP contribution in [-0.4, -0.2) is 11.8 Å². The van der Waals surface area contributed by atoms with Crippen LogP contribution >= 0.6 is 0 Å². The van der Waals surface area contributed by atoms with Gasteiger partial charge in [-0.25, -0.2) is 0 Å². The van der Waals surface area contributed by atoms with Crippen LogP contribution < -0.4 is 10.6 Å². The first-order chi connectivity index (χ1) is 14.5. The average molecular weight is 400 g/mol. The molecule has 0 aromatic heterocycles. The molecule has 0 fully saturated rings. The fourth-order valence-corrected chi connectivity index (χ4v) is 2.56. The van der Waals surface area contributed by atoms with E-state index >= 15 is 0 Å². The fourth-order valence-electron chi connectivity index (χ4n) is 2.56. The molecular weight excluding hydrogens is 380 g/mol. The van der Waals surface area contributed by atoms with Gasteiger partial charge in [0.25, 0.3) is 0 Å². The van der Waals surface area contributed by atoms with Crippen molar-refractivity contribution >= 4 is 45.9 Å². The van der Waals surface area contributed by atoms with Gasteiger partial charge in [-0.05, 0) is 36.4 Å². The Morgan fingerprint density at radius 1 is 0.533 bits per heavy atom. The molecule has 8 heteroatoms. The van der Waals surface area contributed by atoms with Crippen molar-refractivity contribution in [3.63, 3.8) is 0 Å². The molecule has 3 aromatic rings. The van der Waals surface area contributed by atoms with Crippen LogP contribution in [0.1, 0.15) is 13.8 Å². The molecule has 0 atom stereocenters. The summed E-state index contributed by atoms with van der Waals surface area (Å²) in [5.74, 6) is -0.380. The maximum Gasteiger partial charge on any atom is 0.221 e. The molecule has 0 bridgehead atoms. The number of anilines is 2. The van der Waals surface area contributed by atoms with Gasteiger partial charge < -0.3 is 10.6 Å². The topological polar surface area (TPSA) is 108 Å². The van der Waals surface area contributed by atoms with Crippen molar-refractivity contribution in [3.8, 4) is 0 Å². The lowest BCUT2D eigenvalue weighted by Crippen LogP contribution is -2.05. The van der Waals surface area contributed by atoms with Gasteiger partial charge in [0.15, 0.2) is 0 Å². The summed E-state index contributed by atoms with van der Waals surface area (Å²) in [5.41, 5.74) is 3.20. The summed E-state index contributed by atoms with van der Waals surface area (Å²) in [6.07, 6.45) is 0. The molecule has 150 valence electrons. The van der Waals surface area contributed by atoms with Crippen LogP contribution in [0.5, 0.6) is 0 Å². The van der Waals surface area contributed by atoms with E-state index in [4.69, 9.17) is 0 Å². The Balaban J connectivity index is 1.88. The first-order valence-corrected chi connectivity index (χ1v) is 9.18. The fraction of sp³-hybridized carbons (Fsp3) is 0.0909. The second kappa shape index (κ2) is 9.83. The highest BCUT2D eigenvalue weighted by Crippen LogP contribution is 2.33. The van der Waals surface area contributed by atoms with Gasteiger partial charge in [-0.3, -0.25) is 9.59 Å². The Morgan fingerprint density at radius 3 is 1.20 bits per heavy atom. The number of benzene rings is 3. The molecule has 0 aliphatic carbocycles. The summed E-state index contributed by atoms with van der Waals surface area (Å²) in [6, 6.07) is 21.4. The van der Waals surface area contributed by atoms with E-state index in [9.17, 15) is 9.59 Å². The molecule has 8 nitrogen and oxygen atoms in total. The maximum absolute atomic E-state index is 11.4. The smallest absolute Gasteiger partial charge is 0.221 e. The Bertz CT molecular complexity index is 1040. The van der Waals surface area contributed by atoms with Gasteiger partial charge in [0.05, 0.1) is 11.4 Å². The Hall–Kier alpha value is -4.20. The van der Waals surface area contributed by atoms with Gasteiger partial charge in [0.2, 0.25) is 11.8 Å². The number of nitrogens with zero attached hydrogens (tertiary/aromatic N) is 4. The zero-order valence-corrected chi connectivity index (χ0v) is 16.5. The second-order valence-corrected chi connectivity index (χ2v) is 6.29. The lowest BCUT2D eigenvalue weighted by Gasteiger charge is -2.05. The molecule has 0 heterocycles. The van der Waals surface area contributed by atoms with E-state index in [-0.39, 0.29) is 11.8 Å². The highest BCUT2D eigenvalue weighted by Gasteiger charge is 2.05. The number of hydrogen-bond donors (Lipinski definition) is 2. The van der Waals surface area contributed by atoms with E-state index in [1.165, 1.54) is 13.8 Å². The molecular formula is C22H20N6O2. The van der Waals surface area contributed by atoms with E-state index in [1.807, 2.05) is 24.3 Å². The normalized spacial score (nSPS) is 11.0. The summed E-state index contributed by atoms with van der Waals surface area (Å²) in [7, 11) is 0. The van der Waals surface area contributed by atoms with Crippen LogP contribution in [0.15, 0.2) is 93.3 Å². The molecule has 0 saturated carbocycles. The van der Waals surface area contributed by atoms with Gasteiger partial charge in [-0.1, -0.05) is 36.4 Å². The Labute approximate surface area is 173 Å². The van der Waals surface area contributed by atoms with Crippen LogP contribution in [0.4, 0.5) is 34.1 Å². The summed E-state index contributed by atoms with van der Waals surface area (Å²) in [4.78, 5) is 22.7. The van der Waals surface area contributed by atoms with Crippen LogP contribution in [0, 0.1) is 0 Å². The molecule has 3 rings (SSSR count). The Kier molecular flexibility index (Phi) is 6.73. The van der Waals surface area contributed by atoms with Gasteiger partial charge >= 0.3 is 0 Å². The number of nitrogens with one attached hydrogen (secondary N) is 2. The second-order valence-electron chi connectivity index (χ2n) is 6.29. The molecule has 0 aliphatic rings. The van der Waals surface area contributed by atoms with Gasteiger partial charge in [-0.15, -0.1) is 20.5 Å². The third kappa shape index (κ3) is 5.65. The highest BCUT2D eigenvalue weighted by atomic mass is 16.2. The minimum Gasteiger partial charge on any atom is -0.324 e. The van der Waals surface area contributed by atoms with E-state index < -0.39 is 0 Å². The van der Waals surface area contributed by atoms with Gasteiger partial charge in [0.1, 0.15) is 22.7 Å². The molecule has 0 radical (unpaired) electrons. The average Bonchev–Trinajstić information content (AvgIpc) is 2.72.